The molecule has 6 heteroatoms. The minimum absolute atomic E-state index is 0.319. The number of nitrogens with zero attached hydrogens (tertiary/aromatic N) is 1. The normalized spacial score (nSPS) is 11.7. The van der Waals surface area contributed by atoms with Gasteiger partial charge in [-0.1, -0.05) is 35.9 Å². The molecule has 0 aliphatic rings. The molecule has 22 heavy (non-hydrogen) atoms. The Balaban J connectivity index is 2.37. The molecule has 4 nitrogen and oxygen atoms in total. The Labute approximate surface area is 132 Å². The summed E-state index contributed by atoms with van der Waals surface area (Å²) in [6, 6.07) is 12.9. The molecule has 1 atom stereocenters. The summed E-state index contributed by atoms with van der Waals surface area (Å²) < 4.78 is 13.4. The summed E-state index contributed by atoms with van der Waals surface area (Å²) in [7, 11) is 0. The first-order chi connectivity index (χ1) is 10.5. The summed E-state index contributed by atoms with van der Waals surface area (Å²) in [5, 5.41) is 0.560. The van der Waals surface area contributed by atoms with Crippen LogP contribution in [0.2, 0.25) is 5.02 Å². The maximum absolute atomic E-state index is 13.4. The van der Waals surface area contributed by atoms with E-state index in [1.54, 1.807) is 30.3 Å². The van der Waals surface area contributed by atoms with Crippen LogP contribution in [0, 0.1) is 5.82 Å². The van der Waals surface area contributed by atoms with Crippen molar-refractivity contribution in [3.05, 3.63) is 70.5 Å². The van der Waals surface area contributed by atoms with Gasteiger partial charge in [-0.3, -0.25) is 4.79 Å². The fourth-order valence-corrected chi connectivity index (χ4v) is 2.39. The van der Waals surface area contributed by atoms with E-state index in [1.807, 2.05) is 6.07 Å². The third-order valence-electron chi connectivity index (χ3n) is 3.12. The predicted octanol–water partition coefficient (Wildman–Crippen LogP) is 2.61. The highest BCUT2D eigenvalue weighted by Gasteiger charge is 2.21. The molecule has 0 aliphatic heterocycles. The van der Waals surface area contributed by atoms with Gasteiger partial charge in [0.1, 0.15) is 5.82 Å². The summed E-state index contributed by atoms with van der Waals surface area (Å²) in [4.78, 5) is 15.8. The Morgan fingerprint density at radius 1 is 1.18 bits per heavy atom. The zero-order valence-electron chi connectivity index (χ0n) is 11.7. The average Bonchev–Trinajstić information content (AvgIpc) is 2.44. The molecule has 2 rings (SSSR count). The Hall–Kier alpha value is -2.40. The van der Waals surface area contributed by atoms with E-state index in [0.717, 1.165) is 5.56 Å². The number of amides is 1. The smallest absolute Gasteiger partial charge is 0.256 e. The largest absolute Gasteiger partial charge is 0.370 e. The molecule has 1 amide bonds. The van der Waals surface area contributed by atoms with Crippen LogP contribution in [-0.4, -0.2) is 11.9 Å². The molecule has 0 saturated carbocycles. The molecule has 0 bridgehead atoms. The maximum Gasteiger partial charge on any atom is 0.256 e. The molecule has 4 N–H and O–H groups in total. The highest BCUT2D eigenvalue weighted by molar-refractivity contribution is 6.30. The third kappa shape index (κ3) is 4.30. The summed E-state index contributed by atoms with van der Waals surface area (Å²) in [6.45, 7) is 0. The van der Waals surface area contributed by atoms with Crippen LogP contribution in [-0.2, 0) is 11.2 Å². The second-order valence-corrected chi connectivity index (χ2v) is 5.25. The molecule has 0 aliphatic carbocycles. The number of benzene rings is 2. The van der Waals surface area contributed by atoms with E-state index in [0.29, 0.717) is 17.0 Å². The van der Waals surface area contributed by atoms with E-state index >= 15 is 0 Å². The van der Waals surface area contributed by atoms with Gasteiger partial charge in [-0.2, -0.15) is 4.99 Å². The van der Waals surface area contributed by atoms with Crippen molar-refractivity contribution in [1.29, 1.82) is 0 Å². The molecule has 2 aromatic rings. The monoisotopic (exact) mass is 319 g/mol. The molecule has 0 aromatic heterocycles. The standard InChI is InChI=1S/C16H15ClFN3O/c17-12-5-1-3-10(7-12)8-14(15(22)21-16(19)20)11-4-2-6-13(18)9-11/h1-7,9,14H,8H2,(H4,19,20,21,22). The predicted molar refractivity (Wildman–Crippen MR) is 85.1 cm³/mol. The Morgan fingerprint density at radius 2 is 1.91 bits per heavy atom. The first kappa shape index (κ1) is 16.0. The van der Waals surface area contributed by atoms with Gasteiger partial charge in [-0.25, -0.2) is 4.39 Å². The molecule has 0 saturated heterocycles. The minimum Gasteiger partial charge on any atom is -0.370 e. The number of carbonyl (C=O) groups excluding carboxylic acids is 1. The number of aliphatic imine (C=N–C) groups is 1. The Bertz CT molecular complexity index is 714. The Kier molecular flexibility index (Phi) is 5.12. The first-order valence-electron chi connectivity index (χ1n) is 6.59. The molecule has 0 spiro atoms. The zero-order valence-corrected chi connectivity index (χ0v) is 12.4. The summed E-state index contributed by atoms with van der Waals surface area (Å²) in [5.74, 6) is -1.95. The second-order valence-electron chi connectivity index (χ2n) is 4.82. The fraction of sp³-hybridized carbons (Fsp3) is 0.125. The van der Waals surface area contributed by atoms with E-state index in [-0.39, 0.29) is 5.96 Å². The van der Waals surface area contributed by atoms with Gasteiger partial charge >= 0.3 is 0 Å². The molecular formula is C16H15ClFN3O. The second kappa shape index (κ2) is 7.04. The summed E-state index contributed by atoms with van der Waals surface area (Å²) in [6.07, 6.45) is 0.319. The average molecular weight is 320 g/mol. The molecular weight excluding hydrogens is 305 g/mol. The lowest BCUT2D eigenvalue weighted by atomic mass is 9.91. The number of hydrogen-bond acceptors (Lipinski definition) is 1. The van der Waals surface area contributed by atoms with Crippen molar-refractivity contribution in [3.63, 3.8) is 0 Å². The van der Waals surface area contributed by atoms with Crippen molar-refractivity contribution < 1.29 is 9.18 Å². The lowest BCUT2D eigenvalue weighted by Gasteiger charge is -2.14. The van der Waals surface area contributed by atoms with Gasteiger partial charge < -0.3 is 11.5 Å². The third-order valence-corrected chi connectivity index (χ3v) is 3.35. The van der Waals surface area contributed by atoms with Crippen LogP contribution in [0.3, 0.4) is 0 Å². The van der Waals surface area contributed by atoms with Crippen LogP contribution in [0.25, 0.3) is 0 Å². The molecule has 1 unspecified atom stereocenters. The number of halogens is 2. The van der Waals surface area contributed by atoms with Crippen LogP contribution in [0.1, 0.15) is 17.0 Å². The number of nitrogens with two attached hydrogens (primary N) is 2. The van der Waals surface area contributed by atoms with Crippen molar-refractivity contribution in [1.82, 2.24) is 0 Å². The quantitative estimate of drug-likeness (QED) is 0.671. The number of carbonyl (C=O) groups is 1. The number of guanidine groups is 1. The number of rotatable bonds is 4. The zero-order chi connectivity index (χ0) is 16.1. The fourth-order valence-electron chi connectivity index (χ4n) is 2.18. The van der Waals surface area contributed by atoms with Crippen molar-refractivity contribution in [2.24, 2.45) is 16.5 Å². The topological polar surface area (TPSA) is 81.5 Å². The molecule has 2 aromatic carbocycles. The highest BCUT2D eigenvalue weighted by atomic mass is 35.5. The van der Waals surface area contributed by atoms with E-state index in [2.05, 4.69) is 4.99 Å². The van der Waals surface area contributed by atoms with E-state index in [1.165, 1.54) is 12.1 Å². The van der Waals surface area contributed by atoms with Crippen molar-refractivity contribution in [2.45, 2.75) is 12.3 Å². The molecule has 0 fully saturated rings. The van der Waals surface area contributed by atoms with Gasteiger partial charge in [0.25, 0.3) is 5.91 Å². The molecule has 0 heterocycles. The molecule has 114 valence electrons. The van der Waals surface area contributed by atoms with Gasteiger partial charge in [-0.15, -0.1) is 0 Å². The van der Waals surface area contributed by atoms with Gasteiger partial charge in [0.15, 0.2) is 5.96 Å². The Morgan fingerprint density at radius 3 is 2.55 bits per heavy atom. The first-order valence-corrected chi connectivity index (χ1v) is 6.97. The SMILES string of the molecule is NC(N)=NC(=O)C(Cc1cccc(Cl)c1)c1cccc(F)c1. The van der Waals surface area contributed by atoms with Crippen molar-refractivity contribution >= 4 is 23.5 Å². The van der Waals surface area contributed by atoms with Gasteiger partial charge in [0.05, 0.1) is 5.92 Å². The van der Waals surface area contributed by atoms with E-state index in [9.17, 15) is 9.18 Å². The van der Waals surface area contributed by atoms with Crippen LogP contribution >= 0.6 is 11.6 Å². The van der Waals surface area contributed by atoms with E-state index in [4.69, 9.17) is 23.1 Å². The van der Waals surface area contributed by atoms with Crippen molar-refractivity contribution in [2.75, 3.05) is 0 Å². The minimum atomic E-state index is -0.684. The maximum atomic E-state index is 13.4. The van der Waals surface area contributed by atoms with Gasteiger partial charge in [-0.05, 0) is 41.8 Å². The van der Waals surface area contributed by atoms with Crippen LogP contribution in [0.5, 0.6) is 0 Å². The van der Waals surface area contributed by atoms with Crippen LogP contribution in [0.15, 0.2) is 53.5 Å². The van der Waals surface area contributed by atoms with Gasteiger partial charge in [0, 0.05) is 5.02 Å². The van der Waals surface area contributed by atoms with Crippen molar-refractivity contribution in [3.8, 4) is 0 Å². The summed E-state index contributed by atoms with van der Waals surface area (Å²) in [5.41, 5.74) is 11.9. The lowest BCUT2D eigenvalue weighted by Crippen LogP contribution is -2.26. The number of hydrogen-bond donors (Lipinski definition) is 2. The van der Waals surface area contributed by atoms with Gasteiger partial charge in [0.2, 0.25) is 0 Å². The lowest BCUT2D eigenvalue weighted by molar-refractivity contribution is -0.119. The summed E-state index contributed by atoms with van der Waals surface area (Å²) >= 11 is 5.95. The van der Waals surface area contributed by atoms with Crippen LogP contribution < -0.4 is 11.5 Å². The van der Waals surface area contributed by atoms with E-state index < -0.39 is 17.6 Å². The molecule has 0 radical (unpaired) electrons. The van der Waals surface area contributed by atoms with Crippen LogP contribution in [0.4, 0.5) is 4.39 Å². The highest BCUT2D eigenvalue weighted by Crippen LogP contribution is 2.24.